The van der Waals surface area contributed by atoms with Gasteiger partial charge < -0.3 is 5.32 Å². The molecule has 2 heterocycles. The molecular weight excluding hydrogens is 212 g/mol. The molecule has 1 aliphatic heterocycles. The van der Waals surface area contributed by atoms with Crippen molar-refractivity contribution in [1.29, 1.82) is 0 Å². The van der Waals surface area contributed by atoms with Gasteiger partial charge in [0.25, 0.3) is 0 Å². The van der Waals surface area contributed by atoms with Gasteiger partial charge in [-0.05, 0) is 25.0 Å². The number of hydrogen-bond donors (Lipinski definition) is 1. The molecular formula is C13H16N4. The summed E-state index contributed by atoms with van der Waals surface area (Å²) in [5.41, 5.74) is 3.76. The summed E-state index contributed by atoms with van der Waals surface area (Å²) in [5.74, 6) is 0.391. The molecule has 2 atom stereocenters. The highest BCUT2D eigenvalue weighted by atomic mass is 15.4. The highest BCUT2D eigenvalue weighted by Gasteiger charge is 2.27. The van der Waals surface area contributed by atoms with E-state index in [1.165, 1.54) is 16.9 Å². The minimum atomic E-state index is 0.391. The molecule has 17 heavy (non-hydrogen) atoms. The van der Waals surface area contributed by atoms with Crippen LogP contribution in [0.15, 0.2) is 30.5 Å². The van der Waals surface area contributed by atoms with Crippen LogP contribution in [-0.4, -0.2) is 21.0 Å². The molecule has 0 aliphatic carbocycles. The Kier molecular flexibility index (Phi) is 2.35. The van der Waals surface area contributed by atoms with E-state index >= 15 is 0 Å². The molecule has 88 valence electrons. The van der Waals surface area contributed by atoms with Crippen LogP contribution in [0.3, 0.4) is 0 Å². The molecule has 0 saturated carbocycles. The molecule has 0 saturated heterocycles. The molecule has 0 bridgehead atoms. The van der Waals surface area contributed by atoms with Gasteiger partial charge in [0.2, 0.25) is 0 Å². The molecule has 4 heteroatoms. The number of fused-ring (bicyclic) bond motifs is 1. The third-order valence-electron chi connectivity index (χ3n) is 3.43. The SMILES string of the molecule is CC1CC(c2cnnn2C)c2ccccc2N1. The summed E-state index contributed by atoms with van der Waals surface area (Å²) in [6, 6.07) is 8.97. The van der Waals surface area contributed by atoms with Gasteiger partial charge in [0, 0.05) is 24.7 Å². The van der Waals surface area contributed by atoms with E-state index in [4.69, 9.17) is 0 Å². The number of aromatic nitrogens is 3. The van der Waals surface area contributed by atoms with Crippen LogP contribution in [0.4, 0.5) is 5.69 Å². The zero-order chi connectivity index (χ0) is 11.8. The minimum Gasteiger partial charge on any atom is -0.382 e. The number of rotatable bonds is 1. The van der Waals surface area contributed by atoms with Crippen molar-refractivity contribution >= 4 is 5.69 Å². The molecule has 3 rings (SSSR count). The first-order valence-electron chi connectivity index (χ1n) is 5.95. The Hall–Kier alpha value is -1.84. The Bertz CT molecular complexity index is 532. The van der Waals surface area contributed by atoms with Gasteiger partial charge in [-0.1, -0.05) is 23.4 Å². The Labute approximate surface area is 101 Å². The largest absolute Gasteiger partial charge is 0.382 e. The monoisotopic (exact) mass is 228 g/mol. The van der Waals surface area contributed by atoms with Crippen LogP contribution >= 0.6 is 0 Å². The fourth-order valence-electron chi connectivity index (χ4n) is 2.63. The smallest absolute Gasteiger partial charge is 0.0731 e. The lowest BCUT2D eigenvalue weighted by atomic mass is 9.85. The summed E-state index contributed by atoms with van der Waals surface area (Å²) < 4.78 is 1.87. The minimum absolute atomic E-state index is 0.391. The van der Waals surface area contributed by atoms with E-state index in [0.29, 0.717) is 12.0 Å². The average Bonchev–Trinajstić information content (AvgIpc) is 2.74. The highest BCUT2D eigenvalue weighted by Crippen LogP contribution is 2.37. The number of nitrogens with one attached hydrogen (secondary N) is 1. The Morgan fingerprint density at radius 3 is 2.94 bits per heavy atom. The summed E-state index contributed by atoms with van der Waals surface area (Å²) in [5, 5.41) is 11.5. The Morgan fingerprint density at radius 2 is 2.18 bits per heavy atom. The van der Waals surface area contributed by atoms with Crippen molar-refractivity contribution in [1.82, 2.24) is 15.0 Å². The average molecular weight is 228 g/mol. The van der Waals surface area contributed by atoms with Gasteiger partial charge >= 0.3 is 0 Å². The Balaban J connectivity index is 2.10. The maximum atomic E-state index is 4.04. The van der Waals surface area contributed by atoms with Crippen LogP contribution < -0.4 is 5.32 Å². The van der Waals surface area contributed by atoms with E-state index in [2.05, 4.69) is 46.8 Å². The van der Waals surface area contributed by atoms with Gasteiger partial charge in [0.05, 0.1) is 11.9 Å². The van der Waals surface area contributed by atoms with Gasteiger partial charge in [-0.25, -0.2) is 0 Å². The topological polar surface area (TPSA) is 42.7 Å². The van der Waals surface area contributed by atoms with Crippen molar-refractivity contribution in [2.24, 2.45) is 7.05 Å². The van der Waals surface area contributed by atoms with E-state index in [9.17, 15) is 0 Å². The third-order valence-corrected chi connectivity index (χ3v) is 3.43. The second-order valence-corrected chi connectivity index (χ2v) is 4.70. The lowest BCUT2D eigenvalue weighted by Gasteiger charge is -2.31. The molecule has 2 unspecified atom stereocenters. The molecule has 1 aliphatic rings. The van der Waals surface area contributed by atoms with Crippen LogP contribution in [0, 0.1) is 0 Å². The van der Waals surface area contributed by atoms with Crippen LogP contribution in [-0.2, 0) is 7.05 Å². The van der Waals surface area contributed by atoms with Gasteiger partial charge in [0.1, 0.15) is 0 Å². The zero-order valence-electron chi connectivity index (χ0n) is 10.1. The summed E-state index contributed by atoms with van der Waals surface area (Å²) >= 11 is 0. The lowest BCUT2D eigenvalue weighted by molar-refractivity contribution is 0.567. The van der Waals surface area contributed by atoms with E-state index < -0.39 is 0 Å². The fourth-order valence-corrected chi connectivity index (χ4v) is 2.63. The van der Waals surface area contributed by atoms with E-state index in [1.54, 1.807) is 0 Å². The van der Waals surface area contributed by atoms with Crippen molar-refractivity contribution < 1.29 is 0 Å². The second-order valence-electron chi connectivity index (χ2n) is 4.70. The first kappa shape index (κ1) is 10.3. The number of aryl methyl sites for hydroxylation is 1. The Morgan fingerprint density at radius 1 is 1.35 bits per heavy atom. The summed E-state index contributed by atoms with van der Waals surface area (Å²) in [6.45, 7) is 2.22. The molecule has 0 fully saturated rings. The molecule has 4 nitrogen and oxygen atoms in total. The maximum Gasteiger partial charge on any atom is 0.0731 e. The summed E-state index contributed by atoms with van der Waals surface area (Å²) in [7, 11) is 1.96. The maximum absolute atomic E-state index is 4.04. The van der Waals surface area contributed by atoms with Crippen molar-refractivity contribution in [3.63, 3.8) is 0 Å². The number of anilines is 1. The van der Waals surface area contributed by atoms with Crippen LogP contribution in [0.1, 0.15) is 30.5 Å². The van der Waals surface area contributed by atoms with E-state index in [-0.39, 0.29) is 0 Å². The number of para-hydroxylation sites is 1. The van der Waals surface area contributed by atoms with Crippen molar-refractivity contribution in [2.75, 3.05) is 5.32 Å². The molecule has 2 aromatic rings. The number of hydrogen-bond acceptors (Lipinski definition) is 3. The number of benzene rings is 1. The predicted molar refractivity (Wildman–Crippen MR) is 67.0 cm³/mol. The van der Waals surface area contributed by atoms with Crippen LogP contribution in [0.2, 0.25) is 0 Å². The normalized spacial score (nSPS) is 22.9. The fraction of sp³-hybridized carbons (Fsp3) is 0.385. The highest BCUT2D eigenvalue weighted by molar-refractivity contribution is 5.57. The summed E-state index contributed by atoms with van der Waals surface area (Å²) in [4.78, 5) is 0. The van der Waals surface area contributed by atoms with Crippen molar-refractivity contribution in [3.05, 3.63) is 41.7 Å². The standard InChI is InChI=1S/C13H16N4/c1-9-7-11(13-8-14-16-17(13)2)10-5-3-4-6-12(10)15-9/h3-6,8-9,11,15H,7H2,1-2H3. The van der Waals surface area contributed by atoms with Crippen LogP contribution in [0.25, 0.3) is 0 Å². The van der Waals surface area contributed by atoms with E-state index in [1.807, 2.05) is 17.9 Å². The van der Waals surface area contributed by atoms with Crippen molar-refractivity contribution in [2.45, 2.75) is 25.3 Å². The molecule has 1 aromatic heterocycles. The predicted octanol–water partition coefficient (Wildman–Crippen LogP) is 2.15. The quantitative estimate of drug-likeness (QED) is 0.813. The molecule has 0 radical (unpaired) electrons. The molecule has 1 aromatic carbocycles. The zero-order valence-corrected chi connectivity index (χ0v) is 10.1. The lowest BCUT2D eigenvalue weighted by Crippen LogP contribution is -2.26. The van der Waals surface area contributed by atoms with Gasteiger partial charge in [-0.2, -0.15) is 0 Å². The van der Waals surface area contributed by atoms with Crippen molar-refractivity contribution in [3.8, 4) is 0 Å². The van der Waals surface area contributed by atoms with Gasteiger partial charge in [-0.3, -0.25) is 4.68 Å². The number of nitrogens with zero attached hydrogens (tertiary/aromatic N) is 3. The molecule has 0 amide bonds. The molecule has 0 spiro atoms. The van der Waals surface area contributed by atoms with Gasteiger partial charge in [-0.15, -0.1) is 5.10 Å². The first-order chi connectivity index (χ1) is 8.25. The summed E-state index contributed by atoms with van der Waals surface area (Å²) in [6.07, 6.45) is 2.96. The molecule has 1 N–H and O–H groups in total. The third kappa shape index (κ3) is 1.69. The van der Waals surface area contributed by atoms with Crippen LogP contribution in [0.5, 0.6) is 0 Å². The van der Waals surface area contributed by atoms with E-state index in [0.717, 1.165) is 6.42 Å². The second kappa shape index (κ2) is 3.87. The first-order valence-corrected chi connectivity index (χ1v) is 5.95. The van der Waals surface area contributed by atoms with Gasteiger partial charge in [0.15, 0.2) is 0 Å².